The minimum atomic E-state index is -0.909. The summed E-state index contributed by atoms with van der Waals surface area (Å²) in [5.41, 5.74) is 0. The molecule has 0 bridgehead atoms. The van der Waals surface area contributed by atoms with E-state index in [2.05, 4.69) is 5.32 Å². The molecule has 1 aliphatic heterocycles. The van der Waals surface area contributed by atoms with Crippen LogP contribution in [0.2, 0.25) is 0 Å². The Morgan fingerprint density at radius 3 is 2.58 bits per heavy atom. The zero-order valence-corrected chi connectivity index (χ0v) is 12.4. The van der Waals surface area contributed by atoms with E-state index in [1.54, 1.807) is 6.26 Å². The zero-order valence-electron chi connectivity index (χ0n) is 11.6. The van der Waals surface area contributed by atoms with Crippen molar-refractivity contribution in [3.05, 3.63) is 24.3 Å². The molecule has 0 radical (unpaired) electrons. The van der Waals surface area contributed by atoms with Crippen molar-refractivity contribution in [3.8, 4) is 5.75 Å². The van der Waals surface area contributed by atoms with Crippen molar-refractivity contribution in [3.63, 3.8) is 0 Å². The quantitative estimate of drug-likeness (QED) is 0.815. The van der Waals surface area contributed by atoms with Gasteiger partial charge < -0.3 is 10.1 Å². The van der Waals surface area contributed by atoms with E-state index in [9.17, 15) is 4.21 Å². The summed E-state index contributed by atoms with van der Waals surface area (Å²) >= 11 is 0. The molecule has 1 aliphatic rings. The second-order valence-electron chi connectivity index (χ2n) is 5.11. The largest absolute Gasteiger partial charge is 0.494 e. The first kappa shape index (κ1) is 14.5. The van der Waals surface area contributed by atoms with Crippen molar-refractivity contribution in [1.29, 1.82) is 0 Å². The highest BCUT2D eigenvalue weighted by atomic mass is 32.2. The van der Waals surface area contributed by atoms with E-state index in [1.807, 2.05) is 24.3 Å². The first-order chi connectivity index (χ1) is 9.25. The number of piperidine rings is 1. The Hall–Kier alpha value is -0.870. The summed E-state index contributed by atoms with van der Waals surface area (Å²) in [6, 6.07) is 7.55. The van der Waals surface area contributed by atoms with E-state index in [-0.39, 0.29) is 0 Å². The number of hydrogen-bond acceptors (Lipinski definition) is 3. The molecule has 1 unspecified atom stereocenters. The Labute approximate surface area is 118 Å². The SMILES string of the molecule is CS(=O)c1ccc(OCCCC2CCNCC2)cc1. The molecule has 0 amide bonds. The number of ether oxygens (including phenoxy) is 1. The standard InChI is InChI=1S/C15H23NO2S/c1-19(17)15-6-4-14(5-7-15)18-12-2-3-13-8-10-16-11-9-13/h4-7,13,16H,2-3,8-12H2,1H3. The van der Waals surface area contributed by atoms with Crippen LogP contribution in [0.3, 0.4) is 0 Å². The summed E-state index contributed by atoms with van der Waals surface area (Å²) in [5, 5.41) is 3.39. The van der Waals surface area contributed by atoms with Crippen LogP contribution in [0.15, 0.2) is 29.2 Å². The van der Waals surface area contributed by atoms with Gasteiger partial charge in [0.1, 0.15) is 5.75 Å². The molecule has 0 aliphatic carbocycles. The topological polar surface area (TPSA) is 38.3 Å². The van der Waals surface area contributed by atoms with Crippen LogP contribution in [0, 0.1) is 5.92 Å². The van der Waals surface area contributed by atoms with E-state index >= 15 is 0 Å². The third-order valence-corrected chi connectivity index (χ3v) is 4.58. The Kier molecular flexibility index (Phi) is 5.86. The van der Waals surface area contributed by atoms with E-state index in [0.29, 0.717) is 0 Å². The van der Waals surface area contributed by atoms with Gasteiger partial charge in [0.05, 0.1) is 6.61 Å². The van der Waals surface area contributed by atoms with Gasteiger partial charge in [-0.1, -0.05) is 0 Å². The molecule has 1 fully saturated rings. The van der Waals surface area contributed by atoms with Crippen molar-refractivity contribution in [2.45, 2.75) is 30.6 Å². The normalized spacial score (nSPS) is 18.2. The smallest absolute Gasteiger partial charge is 0.119 e. The van der Waals surface area contributed by atoms with Gasteiger partial charge in [0.15, 0.2) is 0 Å². The van der Waals surface area contributed by atoms with Crippen LogP contribution in [0.4, 0.5) is 0 Å². The van der Waals surface area contributed by atoms with Crippen LogP contribution in [-0.2, 0) is 10.8 Å². The molecule has 4 heteroatoms. The molecule has 1 N–H and O–H groups in total. The van der Waals surface area contributed by atoms with Crippen molar-refractivity contribution in [2.75, 3.05) is 26.0 Å². The van der Waals surface area contributed by atoms with Crippen LogP contribution >= 0.6 is 0 Å². The molecule has 3 nitrogen and oxygen atoms in total. The van der Waals surface area contributed by atoms with Crippen LogP contribution in [0.5, 0.6) is 5.75 Å². The van der Waals surface area contributed by atoms with Gasteiger partial charge in [0.2, 0.25) is 0 Å². The fourth-order valence-corrected chi connectivity index (χ4v) is 2.98. The number of benzene rings is 1. The molecule has 1 atom stereocenters. The Morgan fingerprint density at radius 2 is 1.95 bits per heavy atom. The molecule has 0 spiro atoms. The average Bonchev–Trinajstić information content (AvgIpc) is 2.45. The van der Waals surface area contributed by atoms with Gasteiger partial charge in [-0.15, -0.1) is 0 Å². The third-order valence-electron chi connectivity index (χ3n) is 3.64. The minimum absolute atomic E-state index is 0.776. The zero-order chi connectivity index (χ0) is 13.5. The van der Waals surface area contributed by atoms with Crippen LogP contribution in [0.1, 0.15) is 25.7 Å². The monoisotopic (exact) mass is 281 g/mol. The van der Waals surface area contributed by atoms with Gasteiger partial charge in [-0.2, -0.15) is 0 Å². The molecule has 0 aromatic heterocycles. The van der Waals surface area contributed by atoms with Crippen LogP contribution in [-0.4, -0.2) is 30.2 Å². The van der Waals surface area contributed by atoms with Crippen LogP contribution < -0.4 is 10.1 Å². The lowest BCUT2D eigenvalue weighted by Gasteiger charge is -2.22. The third kappa shape index (κ3) is 4.96. The van der Waals surface area contributed by atoms with Gasteiger partial charge in [-0.05, 0) is 69.0 Å². The summed E-state index contributed by atoms with van der Waals surface area (Å²) in [4.78, 5) is 0.849. The van der Waals surface area contributed by atoms with Gasteiger partial charge >= 0.3 is 0 Å². The highest BCUT2D eigenvalue weighted by Gasteiger charge is 2.12. The van der Waals surface area contributed by atoms with Gasteiger partial charge in [-0.3, -0.25) is 4.21 Å². The van der Waals surface area contributed by atoms with Crippen LogP contribution in [0.25, 0.3) is 0 Å². The van der Waals surface area contributed by atoms with Gasteiger partial charge in [0, 0.05) is 22.0 Å². The second kappa shape index (κ2) is 7.65. The molecule has 2 rings (SSSR count). The van der Waals surface area contributed by atoms with Gasteiger partial charge in [-0.25, -0.2) is 0 Å². The van der Waals surface area contributed by atoms with Crippen molar-refractivity contribution in [1.82, 2.24) is 5.32 Å². The Bertz CT molecular complexity index is 399. The summed E-state index contributed by atoms with van der Waals surface area (Å²) in [7, 11) is -0.909. The second-order valence-corrected chi connectivity index (χ2v) is 6.49. The molecular weight excluding hydrogens is 258 g/mol. The molecular formula is C15H23NO2S. The molecule has 0 saturated carbocycles. The van der Waals surface area contributed by atoms with E-state index < -0.39 is 10.8 Å². The van der Waals surface area contributed by atoms with Crippen molar-refractivity contribution >= 4 is 10.8 Å². The maximum Gasteiger partial charge on any atom is 0.119 e. The van der Waals surface area contributed by atoms with Gasteiger partial charge in [0.25, 0.3) is 0 Å². The lowest BCUT2D eigenvalue weighted by atomic mass is 9.93. The fourth-order valence-electron chi connectivity index (χ4n) is 2.46. The van der Waals surface area contributed by atoms with Crippen molar-refractivity contribution < 1.29 is 8.95 Å². The summed E-state index contributed by atoms with van der Waals surface area (Å²) < 4.78 is 17.0. The maximum atomic E-state index is 11.3. The van der Waals surface area contributed by atoms with Crippen molar-refractivity contribution in [2.24, 2.45) is 5.92 Å². The number of hydrogen-bond donors (Lipinski definition) is 1. The summed E-state index contributed by atoms with van der Waals surface area (Å²) in [6.07, 6.45) is 6.67. The highest BCUT2D eigenvalue weighted by Crippen LogP contribution is 2.19. The van der Waals surface area contributed by atoms with E-state index in [0.717, 1.165) is 29.6 Å². The fraction of sp³-hybridized carbons (Fsp3) is 0.600. The molecule has 1 aromatic rings. The first-order valence-corrected chi connectivity index (χ1v) is 8.58. The predicted molar refractivity (Wildman–Crippen MR) is 79.1 cm³/mol. The number of nitrogens with one attached hydrogen (secondary N) is 1. The molecule has 106 valence electrons. The lowest BCUT2D eigenvalue weighted by molar-refractivity contribution is 0.273. The minimum Gasteiger partial charge on any atom is -0.494 e. The predicted octanol–water partition coefficient (Wildman–Crippen LogP) is 2.58. The number of rotatable bonds is 6. The maximum absolute atomic E-state index is 11.3. The lowest BCUT2D eigenvalue weighted by Crippen LogP contribution is -2.27. The molecule has 1 heterocycles. The highest BCUT2D eigenvalue weighted by molar-refractivity contribution is 7.84. The van der Waals surface area contributed by atoms with E-state index in [4.69, 9.17) is 4.74 Å². The molecule has 1 aromatic carbocycles. The summed E-state index contributed by atoms with van der Waals surface area (Å²) in [6.45, 7) is 3.11. The van der Waals surface area contributed by atoms with E-state index in [1.165, 1.54) is 32.4 Å². The summed E-state index contributed by atoms with van der Waals surface area (Å²) in [5.74, 6) is 1.74. The average molecular weight is 281 g/mol. The Balaban J connectivity index is 1.66. The Morgan fingerprint density at radius 1 is 1.26 bits per heavy atom. The molecule has 1 saturated heterocycles. The first-order valence-electron chi connectivity index (χ1n) is 7.03. The molecule has 19 heavy (non-hydrogen) atoms.